The Kier molecular flexibility index (Phi) is 4.74. The summed E-state index contributed by atoms with van der Waals surface area (Å²) < 4.78 is 5.26. The molecule has 0 aliphatic carbocycles. The average molecular weight is 290 g/mol. The Labute approximate surface area is 122 Å². The predicted octanol–water partition coefficient (Wildman–Crippen LogP) is 2.63. The third-order valence-corrected chi connectivity index (χ3v) is 3.88. The molecule has 1 aromatic carbocycles. The average Bonchev–Trinajstić information content (AvgIpc) is 2.84. The first-order chi connectivity index (χ1) is 9.58. The molecule has 5 heteroatoms. The number of hydrogen-bond acceptors (Lipinski definition) is 4. The summed E-state index contributed by atoms with van der Waals surface area (Å²) in [7, 11) is 1.64. The number of aromatic nitrogens is 1. The first-order valence-corrected chi connectivity index (χ1v) is 7.21. The number of methoxy groups -OCH3 is 1. The highest BCUT2D eigenvalue weighted by Crippen LogP contribution is 2.19. The van der Waals surface area contributed by atoms with E-state index in [4.69, 9.17) is 4.74 Å². The van der Waals surface area contributed by atoms with Crippen molar-refractivity contribution in [2.24, 2.45) is 0 Å². The third-order valence-electron chi connectivity index (χ3n) is 2.97. The van der Waals surface area contributed by atoms with Gasteiger partial charge in [-0.1, -0.05) is 12.1 Å². The minimum absolute atomic E-state index is 0.00181. The predicted molar refractivity (Wildman–Crippen MR) is 80.1 cm³/mol. The van der Waals surface area contributed by atoms with Crippen molar-refractivity contribution >= 4 is 17.2 Å². The molecular weight excluding hydrogens is 272 g/mol. The number of hydrogen-bond donors (Lipinski definition) is 1. The van der Waals surface area contributed by atoms with E-state index < -0.39 is 0 Å². The van der Waals surface area contributed by atoms with Crippen LogP contribution in [0.1, 0.15) is 21.0 Å². The van der Waals surface area contributed by atoms with Crippen LogP contribution in [0.2, 0.25) is 0 Å². The van der Waals surface area contributed by atoms with E-state index in [2.05, 4.69) is 10.3 Å². The molecule has 2 rings (SSSR count). The number of carbonyl (C=O) groups excluding carboxylic acids is 1. The standard InChI is InChI=1S/C15H18N2O2S/c1-10-4-5-12(6-14(10)19-3)7-15(18)17-9-13-8-16-11(2)20-13/h4-6,8H,7,9H2,1-3H3,(H,17,18). The van der Waals surface area contributed by atoms with E-state index in [1.807, 2.05) is 32.0 Å². The Morgan fingerprint density at radius 2 is 2.20 bits per heavy atom. The lowest BCUT2D eigenvalue weighted by molar-refractivity contribution is -0.120. The van der Waals surface area contributed by atoms with E-state index in [-0.39, 0.29) is 5.91 Å². The van der Waals surface area contributed by atoms with E-state index in [9.17, 15) is 4.79 Å². The summed E-state index contributed by atoms with van der Waals surface area (Å²) in [5.74, 6) is 0.815. The first kappa shape index (κ1) is 14.5. The maximum atomic E-state index is 11.9. The number of nitrogens with zero attached hydrogens (tertiary/aromatic N) is 1. The molecule has 0 saturated carbocycles. The Morgan fingerprint density at radius 3 is 2.85 bits per heavy atom. The van der Waals surface area contributed by atoms with Gasteiger partial charge in [-0.2, -0.15) is 0 Å². The number of benzene rings is 1. The summed E-state index contributed by atoms with van der Waals surface area (Å²) >= 11 is 1.60. The molecule has 20 heavy (non-hydrogen) atoms. The molecule has 4 nitrogen and oxygen atoms in total. The number of rotatable bonds is 5. The molecule has 0 bridgehead atoms. The van der Waals surface area contributed by atoms with Gasteiger partial charge in [-0.25, -0.2) is 4.98 Å². The summed E-state index contributed by atoms with van der Waals surface area (Å²) in [6.45, 7) is 4.47. The van der Waals surface area contributed by atoms with Gasteiger partial charge in [-0.15, -0.1) is 11.3 Å². The molecule has 0 radical (unpaired) electrons. The minimum atomic E-state index is 0.00181. The van der Waals surface area contributed by atoms with E-state index in [0.717, 1.165) is 26.8 Å². The van der Waals surface area contributed by atoms with Crippen molar-refractivity contribution in [2.45, 2.75) is 26.8 Å². The molecule has 1 heterocycles. The van der Waals surface area contributed by atoms with Gasteiger partial charge in [0.15, 0.2) is 0 Å². The molecule has 106 valence electrons. The van der Waals surface area contributed by atoms with Crippen LogP contribution in [0.4, 0.5) is 0 Å². The Morgan fingerprint density at radius 1 is 1.40 bits per heavy atom. The third kappa shape index (κ3) is 3.81. The van der Waals surface area contributed by atoms with Crippen LogP contribution >= 0.6 is 11.3 Å². The Bertz CT molecular complexity index is 608. The van der Waals surface area contributed by atoms with Crippen molar-refractivity contribution in [1.82, 2.24) is 10.3 Å². The van der Waals surface area contributed by atoms with Gasteiger partial charge in [0.1, 0.15) is 5.75 Å². The Hall–Kier alpha value is -1.88. The summed E-state index contributed by atoms with van der Waals surface area (Å²) in [6.07, 6.45) is 2.16. The second-order valence-electron chi connectivity index (χ2n) is 4.60. The SMILES string of the molecule is COc1cc(CC(=O)NCc2cnc(C)s2)ccc1C. The van der Waals surface area contributed by atoms with E-state index in [1.165, 1.54) is 0 Å². The lowest BCUT2D eigenvalue weighted by atomic mass is 10.1. The molecule has 1 amide bonds. The van der Waals surface area contributed by atoms with Crippen LogP contribution in [0, 0.1) is 13.8 Å². The number of carbonyl (C=O) groups is 1. The number of thiazole rings is 1. The topological polar surface area (TPSA) is 51.2 Å². The van der Waals surface area contributed by atoms with E-state index in [0.29, 0.717) is 13.0 Å². The highest BCUT2D eigenvalue weighted by Gasteiger charge is 2.07. The molecule has 0 spiro atoms. The number of nitrogens with one attached hydrogen (secondary N) is 1. The highest BCUT2D eigenvalue weighted by atomic mass is 32.1. The molecule has 0 saturated heterocycles. The molecule has 2 aromatic rings. The zero-order valence-electron chi connectivity index (χ0n) is 11.9. The summed E-state index contributed by atoms with van der Waals surface area (Å²) in [4.78, 5) is 17.1. The zero-order chi connectivity index (χ0) is 14.5. The molecule has 0 aliphatic heterocycles. The smallest absolute Gasteiger partial charge is 0.224 e. The molecule has 0 atom stereocenters. The maximum absolute atomic E-state index is 11.9. The van der Waals surface area contributed by atoms with Crippen LogP contribution in [0.5, 0.6) is 5.75 Å². The molecule has 1 aromatic heterocycles. The van der Waals surface area contributed by atoms with Gasteiger partial charge in [-0.05, 0) is 31.0 Å². The molecule has 0 fully saturated rings. The molecular formula is C15H18N2O2S. The highest BCUT2D eigenvalue weighted by molar-refractivity contribution is 7.11. The van der Waals surface area contributed by atoms with Gasteiger partial charge >= 0.3 is 0 Å². The monoisotopic (exact) mass is 290 g/mol. The van der Waals surface area contributed by atoms with Crippen LogP contribution < -0.4 is 10.1 Å². The molecule has 1 N–H and O–H groups in total. The normalized spacial score (nSPS) is 10.3. The van der Waals surface area contributed by atoms with Gasteiger partial charge in [-0.3, -0.25) is 4.79 Å². The number of amides is 1. The van der Waals surface area contributed by atoms with Crippen molar-refractivity contribution in [3.05, 3.63) is 45.4 Å². The van der Waals surface area contributed by atoms with Crippen LogP contribution in [0.25, 0.3) is 0 Å². The lowest BCUT2D eigenvalue weighted by Gasteiger charge is -2.08. The molecule has 0 unspecified atom stereocenters. The Balaban J connectivity index is 1.91. The van der Waals surface area contributed by atoms with E-state index in [1.54, 1.807) is 24.6 Å². The van der Waals surface area contributed by atoms with Crippen LogP contribution in [-0.4, -0.2) is 18.0 Å². The van der Waals surface area contributed by atoms with Gasteiger partial charge in [0.25, 0.3) is 0 Å². The van der Waals surface area contributed by atoms with Crippen molar-refractivity contribution < 1.29 is 9.53 Å². The van der Waals surface area contributed by atoms with Gasteiger partial charge in [0.2, 0.25) is 5.91 Å². The van der Waals surface area contributed by atoms with Gasteiger partial charge in [0, 0.05) is 11.1 Å². The second kappa shape index (κ2) is 6.52. The van der Waals surface area contributed by atoms with E-state index >= 15 is 0 Å². The maximum Gasteiger partial charge on any atom is 0.224 e. The largest absolute Gasteiger partial charge is 0.496 e. The minimum Gasteiger partial charge on any atom is -0.496 e. The fourth-order valence-corrected chi connectivity index (χ4v) is 2.63. The summed E-state index contributed by atoms with van der Waals surface area (Å²) in [6, 6.07) is 5.83. The van der Waals surface area contributed by atoms with Crippen LogP contribution in [0.3, 0.4) is 0 Å². The summed E-state index contributed by atoms with van der Waals surface area (Å²) in [5.41, 5.74) is 2.02. The molecule has 0 aliphatic rings. The van der Waals surface area contributed by atoms with Crippen LogP contribution in [-0.2, 0) is 17.8 Å². The van der Waals surface area contributed by atoms with Gasteiger partial charge < -0.3 is 10.1 Å². The van der Waals surface area contributed by atoms with Crippen molar-refractivity contribution in [2.75, 3.05) is 7.11 Å². The van der Waals surface area contributed by atoms with Crippen molar-refractivity contribution in [3.8, 4) is 5.75 Å². The van der Waals surface area contributed by atoms with Crippen molar-refractivity contribution in [1.29, 1.82) is 0 Å². The van der Waals surface area contributed by atoms with Gasteiger partial charge in [0.05, 0.1) is 25.1 Å². The number of aryl methyl sites for hydroxylation is 2. The number of ether oxygens (including phenoxy) is 1. The summed E-state index contributed by atoms with van der Waals surface area (Å²) in [5, 5.41) is 3.92. The quantitative estimate of drug-likeness (QED) is 0.921. The van der Waals surface area contributed by atoms with Crippen LogP contribution in [0.15, 0.2) is 24.4 Å². The fourth-order valence-electron chi connectivity index (χ4n) is 1.90. The first-order valence-electron chi connectivity index (χ1n) is 6.40. The fraction of sp³-hybridized carbons (Fsp3) is 0.333. The second-order valence-corrected chi connectivity index (χ2v) is 5.92. The zero-order valence-corrected chi connectivity index (χ0v) is 12.7. The lowest BCUT2D eigenvalue weighted by Crippen LogP contribution is -2.24. The van der Waals surface area contributed by atoms with Crippen molar-refractivity contribution in [3.63, 3.8) is 0 Å².